The summed E-state index contributed by atoms with van der Waals surface area (Å²) in [4.78, 5) is 34.7. The van der Waals surface area contributed by atoms with E-state index >= 15 is 0 Å². The number of nitro groups is 1. The molecule has 9 nitrogen and oxygen atoms in total. The van der Waals surface area contributed by atoms with Crippen molar-refractivity contribution in [3.63, 3.8) is 0 Å². The van der Waals surface area contributed by atoms with Crippen LogP contribution in [0.5, 0.6) is 0 Å². The van der Waals surface area contributed by atoms with Crippen molar-refractivity contribution in [1.82, 2.24) is 20.1 Å². The van der Waals surface area contributed by atoms with Crippen molar-refractivity contribution >= 4 is 39.9 Å². The third kappa shape index (κ3) is 4.90. The van der Waals surface area contributed by atoms with Gasteiger partial charge in [-0.25, -0.2) is 0 Å². The molecule has 0 spiro atoms. The van der Waals surface area contributed by atoms with E-state index in [1.54, 1.807) is 6.07 Å². The number of non-ortho nitro benzene ring substituents is 1. The number of thioether (sulfide) groups is 1. The average Bonchev–Trinajstić information content (AvgIpc) is 3.23. The maximum Gasteiger partial charge on any atom is 0.270 e. The fraction of sp³-hybridized carbons (Fsp3) is 0.130. The highest BCUT2D eigenvalue weighted by Crippen LogP contribution is 2.28. The van der Waals surface area contributed by atoms with E-state index in [1.165, 1.54) is 36.9 Å². The van der Waals surface area contributed by atoms with E-state index in [0.29, 0.717) is 11.0 Å². The van der Waals surface area contributed by atoms with Crippen LogP contribution in [0, 0.1) is 10.1 Å². The molecule has 0 saturated carbocycles. The van der Waals surface area contributed by atoms with Gasteiger partial charge in [-0.05, 0) is 11.5 Å². The van der Waals surface area contributed by atoms with Gasteiger partial charge in [0.25, 0.3) is 5.69 Å². The molecule has 1 N–H and O–H groups in total. The number of carbonyl (C=O) groups excluding carboxylic acids is 2. The normalized spacial score (nSPS) is 10.8. The summed E-state index contributed by atoms with van der Waals surface area (Å²) in [6.07, 6.45) is 0. The maximum atomic E-state index is 12.7. The van der Waals surface area contributed by atoms with Crippen LogP contribution in [-0.2, 0) is 11.3 Å². The van der Waals surface area contributed by atoms with Crippen LogP contribution in [0.3, 0.4) is 0 Å². The summed E-state index contributed by atoms with van der Waals surface area (Å²) in [5.74, 6) is 0.0773. The SMILES string of the molecule is CC(=O)NCc1nnc(SCC(=O)c2cccc([N+](=O)[O-])c2)n1-c1cccc2ccccc12. The molecule has 0 atom stereocenters. The van der Waals surface area contributed by atoms with Gasteiger partial charge in [-0.2, -0.15) is 0 Å². The molecule has 0 aliphatic rings. The molecular weight excluding hydrogens is 442 g/mol. The molecule has 0 radical (unpaired) electrons. The summed E-state index contributed by atoms with van der Waals surface area (Å²) in [6.45, 7) is 1.59. The predicted molar refractivity (Wildman–Crippen MR) is 125 cm³/mol. The number of amides is 1. The Balaban J connectivity index is 1.67. The predicted octanol–water partition coefficient (Wildman–Crippen LogP) is 3.94. The number of nitro benzene ring substituents is 1. The highest BCUT2D eigenvalue weighted by atomic mass is 32.2. The van der Waals surface area contributed by atoms with Gasteiger partial charge in [0.05, 0.1) is 22.9 Å². The lowest BCUT2D eigenvalue weighted by Crippen LogP contribution is -2.21. The van der Waals surface area contributed by atoms with Gasteiger partial charge in [-0.3, -0.25) is 24.3 Å². The van der Waals surface area contributed by atoms with Crippen molar-refractivity contribution in [2.75, 3.05) is 5.75 Å². The number of fused-ring (bicyclic) bond motifs is 1. The fourth-order valence-electron chi connectivity index (χ4n) is 3.36. The molecule has 10 heteroatoms. The molecule has 4 aromatic rings. The van der Waals surface area contributed by atoms with Gasteiger partial charge >= 0.3 is 0 Å². The van der Waals surface area contributed by atoms with Crippen LogP contribution in [0.15, 0.2) is 71.9 Å². The number of carbonyl (C=O) groups is 2. The number of hydrogen-bond acceptors (Lipinski definition) is 7. The van der Waals surface area contributed by atoms with E-state index in [4.69, 9.17) is 0 Å². The number of ketones is 1. The standard InChI is InChI=1S/C23H19N5O4S/c1-15(29)24-13-22-25-26-23(27(22)20-11-5-7-16-6-2-3-10-19(16)20)33-14-21(30)17-8-4-9-18(12-17)28(31)32/h2-12H,13-14H2,1H3,(H,24,29). The summed E-state index contributed by atoms with van der Waals surface area (Å²) in [5.41, 5.74) is 0.942. The second kappa shape index (κ2) is 9.61. The third-order valence-corrected chi connectivity index (χ3v) is 5.84. The zero-order valence-corrected chi connectivity index (χ0v) is 18.4. The van der Waals surface area contributed by atoms with Crippen LogP contribution < -0.4 is 5.32 Å². The molecule has 1 heterocycles. The average molecular weight is 462 g/mol. The second-order valence-electron chi connectivity index (χ2n) is 7.16. The molecule has 1 aromatic heterocycles. The Kier molecular flexibility index (Phi) is 6.45. The van der Waals surface area contributed by atoms with Gasteiger partial charge in [0.1, 0.15) is 0 Å². The Morgan fingerprint density at radius 1 is 1.06 bits per heavy atom. The minimum Gasteiger partial charge on any atom is -0.349 e. The monoisotopic (exact) mass is 461 g/mol. The Morgan fingerprint density at radius 2 is 1.82 bits per heavy atom. The largest absolute Gasteiger partial charge is 0.349 e. The van der Waals surface area contributed by atoms with Gasteiger partial charge in [-0.1, -0.05) is 60.3 Å². The maximum absolute atomic E-state index is 12.7. The first-order valence-electron chi connectivity index (χ1n) is 10.0. The van der Waals surface area contributed by atoms with Gasteiger partial charge in [-0.15, -0.1) is 10.2 Å². The van der Waals surface area contributed by atoms with Gasteiger partial charge in [0.15, 0.2) is 16.8 Å². The molecule has 0 bridgehead atoms. The Hall–Kier alpha value is -4.05. The van der Waals surface area contributed by atoms with Crippen LogP contribution in [0.4, 0.5) is 5.69 Å². The number of benzene rings is 3. The van der Waals surface area contributed by atoms with E-state index in [9.17, 15) is 19.7 Å². The first kappa shape index (κ1) is 22.2. The quantitative estimate of drug-likeness (QED) is 0.183. The first-order valence-corrected chi connectivity index (χ1v) is 11.0. The lowest BCUT2D eigenvalue weighted by Gasteiger charge is -2.13. The minimum atomic E-state index is -0.532. The number of Topliss-reactive ketones (excluding diaryl/α,β-unsaturated/α-hetero) is 1. The minimum absolute atomic E-state index is 0.0181. The van der Waals surface area contributed by atoms with E-state index in [-0.39, 0.29) is 35.2 Å². The van der Waals surface area contributed by atoms with E-state index < -0.39 is 4.92 Å². The summed E-state index contributed by atoms with van der Waals surface area (Å²) in [7, 11) is 0. The highest BCUT2D eigenvalue weighted by Gasteiger charge is 2.19. The highest BCUT2D eigenvalue weighted by molar-refractivity contribution is 7.99. The number of nitrogens with one attached hydrogen (secondary N) is 1. The zero-order valence-electron chi connectivity index (χ0n) is 17.6. The molecule has 0 unspecified atom stereocenters. The van der Waals surface area contributed by atoms with Crippen molar-refractivity contribution in [3.8, 4) is 5.69 Å². The van der Waals surface area contributed by atoms with E-state index in [1.807, 2.05) is 47.0 Å². The number of hydrogen-bond donors (Lipinski definition) is 1. The molecular formula is C23H19N5O4S. The van der Waals surface area contributed by atoms with Gasteiger partial charge in [0.2, 0.25) is 5.91 Å². The Bertz CT molecular complexity index is 1360. The molecule has 3 aromatic carbocycles. The number of rotatable bonds is 8. The van der Waals surface area contributed by atoms with Crippen LogP contribution in [0.1, 0.15) is 23.1 Å². The second-order valence-corrected chi connectivity index (χ2v) is 8.10. The van der Waals surface area contributed by atoms with Crippen molar-refractivity contribution in [3.05, 3.63) is 88.2 Å². The Labute approximate surface area is 193 Å². The number of nitrogens with zero attached hydrogens (tertiary/aromatic N) is 4. The number of aromatic nitrogens is 3. The van der Waals surface area contributed by atoms with Crippen LogP contribution in [0.25, 0.3) is 16.5 Å². The zero-order chi connectivity index (χ0) is 23.4. The molecule has 0 aliphatic carbocycles. The summed E-state index contributed by atoms with van der Waals surface area (Å²) >= 11 is 1.18. The van der Waals surface area contributed by atoms with Crippen molar-refractivity contribution in [2.24, 2.45) is 0 Å². The van der Waals surface area contributed by atoms with E-state index in [2.05, 4.69) is 15.5 Å². The van der Waals surface area contributed by atoms with Gasteiger partial charge < -0.3 is 5.32 Å². The molecule has 33 heavy (non-hydrogen) atoms. The molecule has 0 saturated heterocycles. The van der Waals surface area contributed by atoms with Crippen molar-refractivity contribution in [2.45, 2.75) is 18.6 Å². The third-order valence-electron chi connectivity index (χ3n) is 4.91. The lowest BCUT2D eigenvalue weighted by atomic mass is 10.1. The van der Waals surface area contributed by atoms with E-state index in [0.717, 1.165) is 16.5 Å². The van der Waals surface area contributed by atoms with Crippen LogP contribution in [-0.4, -0.2) is 37.1 Å². The van der Waals surface area contributed by atoms with Gasteiger partial charge in [0, 0.05) is 30.0 Å². The fourth-order valence-corrected chi connectivity index (χ4v) is 4.22. The molecule has 0 fully saturated rings. The van der Waals surface area contributed by atoms with Crippen molar-refractivity contribution < 1.29 is 14.5 Å². The summed E-state index contributed by atoms with van der Waals surface area (Å²) in [6, 6.07) is 19.3. The Morgan fingerprint density at radius 3 is 2.61 bits per heavy atom. The molecule has 166 valence electrons. The van der Waals surface area contributed by atoms with Crippen LogP contribution >= 0.6 is 11.8 Å². The molecule has 0 aliphatic heterocycles. The summed E-state index contributed by atoms with van der Waals surface area (Å²) in [5, 5.41) is 24.7. The topological polar surface area (TPSA) is 120 Å². The lowest BCUT2D eigenvalue weighted by molar-refractivity contribution is -0.384. The van der Waals surface area contributed by atoms with Crippen LogP contribution in [0.2, 0.25) is 0 Å². The smallest absolute Gasteiger partial charge is 0.270 e. The van der Waals surface area contributed by atoms with Crippen molar-refractivity contribution in [1.29, 1.82) is 0 Å². The summed E-state index contributed by atoms with van der Waals surface area (Å²) < 4.78 is 1.82. The first-order chi connectivity index (χ1) is 15.9. The molecule has 1 amide bonds. The molecule has 4 rings (SSSR count).